The maximum Gasteiger partial charge on any atom is 0.326 e. The minimum absolute atomic E-state index is 0.135. The number of hydrogen-bond acceptors (Lipinski definition) is 5. The molecule has 156 valence electrons. The van der Waals surface area contributed by atoms with Crippen molar-refractivity contribution in [1.82, 2.24) is 10.6 Å². The molecule has 0 spiro atoms. The van der Waals surface area contributed by atoms with Crippen molar-refractivity contribution in [3.05, 3.63) is 35.9 Å². The molecule has 0 saturated heterocycles. The average molecular weight is 410 g/mol. The Kier molecular flexibility index (Phi) is 10.6. The Hall–Kier alpha value is -2.06. The van der Waals surface area contributed by atoms with Gasteiger partial charge in [-0.1, -0.05) is 44.2 Å². The fraction of sp³-hybridized carbons (Fsp3) is 0.550. The number of carbonyl (C=O) groups is 3. The molecule has 0 aliphatic rings. The molecule has 1 aromatic carbocycles. The molecule has 0 aromatic heterocycles. The summed E-state index contributed by atoms with van der Waals surface area (Å²) in [6, 6.07) is 6.47. The molecule has 0 aliphatic carbocycles. The van der Waals surface area contributed by atoms with Crippen molar-refractivity contribution in [3.8, 4) is 0 Å². The van der Waals surface area contributed by atoms with Crippen molar-refractivity contribution >= 4 is 29.5 Å². The predicted molar refractivity (Wildman–Crippen MR) is 112 cm³/mol. The standard InChI is InChI=1S/C20H31N3O4S/c1-13(2)11-16(22-18(24)15(21)9-10-28-3)19(25)23-17(20(26)27)12-14-7-5-4-6-8-14/h4-8,13,15-17H,9-12,21H2,1-3H3,(H,22,24)(H,23,25)(H,26,27). The highest BCUT2D eigenvalue weighted by Gasteiger charge is 2.28. The second-order valence-corrected chi connectivity index (χ2v) is 8.15. The van der Waals surface area contributed by atoms with E-state index in [9.17, 15) is 19.5 Å². The maximum atomic E-state index is 12.7. The van der Waals surface area contributed by atoms with Gasteiger partial charge < -0.3 is 21.5 Å². The van der Waals surface area contributed by atoms with E-state index in [-0.39, 0.29) is 12.3 Å². The summed E-state index contributed by atoms with van der Waals surface area (Å²) < 4.78 is 0. The van der Waals surface area contributed by atoms with E-state index in [1.165, 1.54) is 0 Å². The highest BCUT2D eigenvalue weighted by molar-refractivity contribution is 7.98. The number of carboxylic acid groups (broad SMARTS) is 1. The first-order valence-corrected chi connectivity index (χ1v) is 10.8. The van der Waals surface area contributed by atoms with Crippen LogP contribution in [0.25, 0.3) is 0 Å². The molecule has 1 aromatic rings. The molecule has 0 bridgehead atoms. The number of nitrogens with one attached hydrogen (secondary N) is 2. The number of benzene rings is 1. The van der Waals surface area contributed by atoms with Crippen LogP contribution in [0.1, 0.15) is 32.3 Å². The Morgan fingerprint density at radius 3 is 2.21 bits per heavy atom. The van der Waals surface area contributed by atoms with Crippen LogP contribution >= 0.6 is 11.8 Å². The first-order chi connectivity index (χ1) is 13.2. The predicted octanol–water partition coefficient (Wildman–Crippen LogP) is 1.41. The van der Waals surface area contributed by atoms with Crippen LogP contribution in [-0.4, -0.2) is 53.0 Å². The molecule has 0 heterocycles. The van der Waals surface area contributed by atoms with Crippen molar-refractivity contribution in [2.45, 2.75) is 51.2 Å². The molecular formula is C20H31N3O4S. The molecule has 0 fully saturated rings. The third kappa shape index (κ3) is 8.75. The van der Waals surface area contributed by atoms with Crippen molar-refractivity contribution in [3.63, 3.8) is 0 Å². The SMILES string of the molecule is CSCCC(N)C(=O)NC(CC(C)C)C(=O)NC(Cc1ccccc1)C(=O)O. The van der Waals surface area contributed by atoms with E-state index in [0.29, 0.717) is 12.8 Å². The van der Waals surface area contributed by atoms with Gasteiger partial charge in [-0.15, -0.1) is 0 Å². The van der Waals surface area contributed by atoms with E-state index in [4.69, 9.17) is 5.73 Å². The van der Waals surface area contributed by atoms with Crippen molar-refractivity contribution in [1.29, 1.82) is 0 Å². The minimum Gasteiger partial charge on any atom is -0.480 e. The monoisotopic (exact) mass is 409 g/mol. The number of aliphatic carboxylic acids is 1. The topological polar surface area (TPSA) is 122 Å². The molecule has 0 aliphatic heterocycles. The molecule has 3 atom stereocenters. The molecule has 8 heteroatoms. The largest absolute Gasteiger partial charge is 0.480 e. The number of nitrogens with two attached hydrogens (primary N) is 1. The summed E-state index contributed by atoms with van der Waals surface area (Å²) in [7, 11) is 0. The van der Waals surface area contributed by atoms with Gasteiger partial charge in [0.15, 0.2) is 0 Å². The van der Waals surface area contributed by atoms with Gasteiger partial charge in [0, 0.05) is 6.42 Å². The van der Waals surface area contributed by atoms with E-state index in [1.807, 2.05) is 38.3 Å². The van der Waals surface area contributed by atoms with Gasteiger partial charge in [0.2, 0.25) is 11.8 Å². The average Bonchev–Trinajstić information content (AvgIpc) is 2.65. The lowest BCUT2D eigenvalue weighted by atomic mass is 10.0. The highest BCUT2D eigenvalue weighted by atomic mass is 32.2. The lowest BCUT2D eigenvalue weighted by molar-refractivity contribution is -0.142. The van der Waals surface area contributed by atoms with E-state index < -0.39 is 35.9 Å². The number of rotatable bonds is 12. The van der Waals surface area contributed by atoms with Gasteiger partial charge in [-0.25, -0.2) is 4.79 Å². The maximum absolute atomic E-state index is 12.7. The number of carbonyl (C=O) groups excluding carboxylic acids is 2. The Balaban J connectivity index is 2.80. The molecule has 3 unspecified atom stereocenters. The molecule has 1 rings (SSSR count). The summed E-state index contributed by atoms with van der Waals surface area (Å²) >= 11 is 1.59. The van der Waals surface area contributed by atoms with E-state index in [2.05, 4.69) is 10.6 Å². The lowest BCUT2D eigenvalue weighted by Gasteiger charge is -2.24. The Bertz CT molecular complexity index is 640. The summed E-state index contributed by atoms with van der Waals surface area (Å²) in [6.07, 6.45) is 3.00. The van der Waals surface area contributed by atoms with Crippen molar-refractivity contribution in [2.75, 3.05) is 12.0 Å². The Labute approximate surface area is 170 Å². The van der Waals surface area contributed by atoms with Crippen LogP contribution in [0.4, 0.5) is 0 Å². The summed E-state index contributed by atoms with van der Waals surface area (Å²) in [6.45, 7) is 3.86. The molecule has 28 heavy (non-hydrogen) atoms. The highest BCUT2D eigenvalue weighted by Crippen LogP contribution is 2.09. The lowest BCUT2D eigenvalue weighted by Crippen LogP contribution is -2.55. The number of amides is 2. The summed E-state index contributed by atoms with van der Waals surface area (Å²) in [5.41, 5.74) is 6.69. The van der Waals surface area contributed by atoms with Crippen LogP contribution in [-0.2, 0) is 20.8 Å². The van der Waals surface area contributed by atoms with Crippen LogP contribution < -0.4 is 16.4 Å². The number of thioether (sulfide) groups is 1. The summed E-state index contributed by atoms with van der Waals surface area (Å²) in [4.78, 5) is 36.6. The molecule has 5 N–H and O–H groups in total. The number of carboxylic acids is 1. The molecule has 0 radical (unpaired) electrons. The zero-order chi connectivity index (χ0) is 21.1. The van der Waals surface area contributed by atoms with E-state index in [1.54, 1.807) is 23.9 Å². The molecular weight excluding hydrogens is 378 g/mol. The van der Waals surface area contributed by atoms with Crippen molar-refractivity contribution < 1.29 is 19.5 Å². The Morgan fingerprint density at radius 1 is 1.07 bits per heavy atom. The summed E-state index contributed by atoms with van der Waals surface area (Å²) in [5, 5.41) is 14.7. The molecule has 0 saturated carbocycles. The van der Waals surface area contributed by atoms with Crippen LogP contribution in [0, 0.1) is 5.92 Å². The number of hydrogen-bond donors (Lipinski definition) is 4. The fourth-order valence-corrected chi connectivity index (χ4v) is 3.17. The zero-order valence-electron chi connectivity index (χ0n) is 16.7. The van der Waals surface area contributed by atoms with Gasteiger partial charge in [0.1, 0.15) is 12.1 Å². The first kappa shape index (κ1) is 24.0. The van der Waals surface area contributed by atoms with Gasteiger partial charge >= 0.3 is 5.97 Å². The van der Waals surface area contributed by atoms with Crippen LogP contribution in [0.15, 0.2) is 30.3 Å². The Morgan fingerprint density at radius 2 is 1.68 bits per heavy atom. The second-order valence-electron chi connectivity index (χ2n) is 7.17. The van der Waals surface area contributed by atoms with Gasteiger partial charge in [-0.3, -0.25) is 9.59 Å². The van der Waals surface area contributed by atoms with Crippen molar-refractivity contribution in [2.24, 2.45) is 11.7 Å². The van der Waals surface area contributed by atoms with Gasteiger partial charge in [0.25, 0.3) is 0 Å². The molecule has 2 amide bonds. The van der Waals surface area contributed by atoms with Crippen LogP contribution in [0.5, 0.6) is 0 Å². The summed E-state index contributed by atoms with van der Waals surface area (Å²) in [5.74, 6) is -1.15. The fourth-order valence-electron chi connectivity index (χ4n) is 2.68. The quantitative estimate of drug-likeness (QED) is 0.414. The van der Waals surface area contributed by atoms with E-state index >= 15 is 0 Å². The van der Waals surface area contributed by atoms with Crippen LogP contribution in [0.2, 0.25) is 0 Å². The van der Waals surface area contributed by atoms with Gasteiger partial charge in [-0.05, 0) is 36.3 Å². The third-order valence-electron chi connectivity index (χ3n) is 4.21. The second kappa shape index (κ2) is 12.4. The van der Waals surface area contributed by atoms with Gasteiger partial charge in [0.05, 0.1) is 6.04 Å². The smallest absolute Gasteiger partial charge is 0.326 e. The van der Waals surface area contributed by atoms with E-state index in [0.717, 1.165) is 11.3 Å². The third-order valence-corrected chi connectivity index (χ3v) is 4.85. The first-order valence-electron chi connectivity index (χ1n) is 9.36. The minimum atomic E-state index is -1.12. The van der Waals surface area contributed by atoms with Crippen LogP contribution in [0.3, 0.4) is 0 Å². The molecule has 7 nitrogen and oxygen atoms in total. The normalized spacial score (nSPS) is 14.2. The zero-order valence-corrected chi connectivity index (χ0v) is 17.5. The van der Waals surface area contributed by atoms with Gasteiger partial charge in [-0.2, -0.15) is 11.8 Å².